The number of benzene rings is 2. The lowest BCUT2D eigenvalue weighted by Gasteiger charge is -2.10. The van der Waals surface area contributed by atoms with Gasteiger partial charge in [-0.05, 0) is 30.3 Å². The van der Waals surface area contributed by atoms with Gasteiger partial charge < -0.3 is 11.5 Å². The number of nitrogens with two attached hydrogens (primary N) is 2. The van der Waals surface area contributed by atoms with Crippen molar-refractivity contribution in [2.45, 2.75) is 0 Å². The van der Waals surface area contributed by atoms with Gasteiger partial charge in [-0.1, -0.05) is 17.7 Å². The highest BCUT2D eigenvalue weighted by Gasteiger charge is 2.15. The molecule has 4 N–H and O–H groups in total. The fraction of sp³-hybridized carbons (Fsp3) is 0. The zero-order valence-corrected chi connectivity index (χ0v) is 13.4. The second-order valence-electron chi connectivity index (χ2n) is 5.18. The molecular weight excluding hydrogens is 350 g/mol. The van der Waals surface area contributed by atoms with Crippen molar-refractivity contribution in [3.63, 3.8) is 0 Å². The van der Waals surface area contributed by atoms with E-state index in [0.29, 0.717) is 15.8 Å². The van der Waals surface area contributed by atoms with Gasteiger partial charge in [0.25, 0.3) is 5.91 Å². The highest BCUT2D eigenvalue weighted by atomic mass is 35.5. The number of guanidine groups is 1. The van der Waals surface area contributed by atoms with Crippen LogP contribution in [0.4, 0.5) is 8.78 Å². The molecule has 1 amide bonds. The van der Waals surface area contributed by atoms with E-state index in [0.717, 1.165) is 18.2 Å². The zero-order valence-electron chi connectivity index (χ0n) is 12.6. The standard InChI is InChI=1S/C17H11ClF2N4O/c18-13-7-23-15(12-6-9(19)2-4-14(12)20)11-5-8(1-3-10(11)13)16(25)24-17(21)22/h1-7H,(H4,21,22,24,25). The topological polar surface area (TPSA) is 94.4 Å². The maximum atomic E-state index is 14.2. The van der Waals surface area contributed by atoms with E-state index in [-0.39, 0.29) is 22.8 Å². The number of aromatic nitrogens is 1. The van der Waals surface area contributed by atoms with Crippen LogP contribution >= 0.6 is 11.6 Å². The highest BCUT2D eigenvalue weighted by molar-refractivity contribution is 6.35. The van der Waals surface area contributed by atoms with Crippen molar-refractivity contribution in [1.29, 1.82) is 0 Å². The third-order valence-corrected chi connectivity index (χ3v) is 3.80. The number of halogens is 3. The fourth-order valence-electron chi connectivity index (χ4n) is 2.42. The largest absolute Gasteiger partial charge is 0.370 e. The molecule has 2 aromatic carbocycles. The Morgan fingerprint density at radius 2 is 1.84 bits per heavy atom. The first-order valence-corrected chi connectivity index (χ1v) is 7.42. The summed E-state index contributed by atoms with van der Waals surface area (Å²) in [6, 6.07) is 7.51. The minimum absolute atomic E-state index is 0.0481. The zero-order chi connectivity index (χ0) is 18.1. The molecule has 3 rings (SSSR count). The Morgan fingerprint density at radius 3 is 2.56 bits per heavy atom. The predicted molar refractivity (Wildman–Crippen MR) is 92.2 cm³/mol. The van der Waals surface area contributed by atoms with Crippen molar-refractivity contribution >= 4 is 34.2 Å². The first-order valence-electron chi connectivity index (χ1n) is 7.04. The Kier molecular flexibility index (Phi) is 4.33. The third kappa shape index (κ3) is 3.27. The summed E-state index contributed by atoms with van der Waals surface area (Å²) >= 11 is 6.12. The van der Waals surface area contributed by atoms with E-state index in [1.165, 1.54) is 18.3 Å². The van der Waals surface area contributed by atoms with E-state index in [4.69, 9.17) is 23.1 Å². The third-order valence-electron chi connectivity index (χ3n) is 3.50. The van der Waals surface area contributed by atoms with Crippen LogP contribution in [0.2, 0.25) is 5.02 Å². The fourth-order valence-corrected chi connectivity index (χ4v) is 2.63. The maximum Gasteiger partial charge on any atom is 0.280 e. The van der Waals surface area contributed by atoms with Crippen LogP contribution in [0.15, 0.2) is 47.6 Å². The van der Waals surface area contributed by atoms with E-state index in [9.17, 15) is 13.6 Å². The van der Waals surface area contributed by atoms with Crippen LogP contribution in [0.25, 0.3) is 22.0 Å². The number of carbonyl (C=O) groups is 1. The Morgan fingerprint density at radius 1 is 1.08 bits per heavy atom. The molecule has 0 aliphatic rings. The van der Waals surface area contributed by atoms with Gasteiger partial charge >= 0.3 is 0 Å². The van der Waals surface area contributed by atoms with Crippen molar-refractivity contribution in [2.75, 3.05) is 0 Å². The van der Waals surface area contributed by atoms with Crippen LogP contribution in [0.1, 0.15) is 10.4 Å². The molecule has 1 aromatic heterocycles. The Bertz CT molecular complexity index is 1030. The van der Waals surface area contributed by atoms with Crippen LogP contribution in [-0.2, 0) is 0 Å². The SMILES string of the molecule is NC(N)=NC(=O)c1ccc2c(Cl)cnc(-c3cc(F)ccc3F)c2c1. The van der Waals surface area contributed by atoms with Crippen molar-refractivity contribution in [2.24, 2.45) is 16.5 Å². The molecule has 0 unspecified atom stereocenters. The van der Waals surface area contributed by atoms with E-state index >= 15 is 0 Å². The summed E-state index contributed by atoms with van der Waals surface area (Å²) in [5.41, 5.74) is 10.7. The number of amides is 1. The second kappa shape index (κ2) is 6.45. The number of fused-ring (bicyclic) bond motifs is 1. The number of nitrogens with zero attached hydrogens (tertiary/aromatic N) is 2. The van der Waals surface area contributed by atoms with Crippen molar-refractivity contribution in [1.82, 2.24) is 4.98 Å². The molecule has 0 fully saturated rings. The van der Waals surface area contributed by atoms with Crippen LogP contribution < -0.4 is 11.5 Å². The summed E-state index contributed by atoms with van der Waals surface area (Å²) in [4.78, 5) is 19.6. The molecule has 126 valence electrons. The lowest BCUT2D eigenvalue weighted by molar-refractivity contribution is 0.100. The van der Waals surface area contributed by atoms with Crippen LogP contribution in [-0.4, -0.2) is 16.9 Å². The number of rotatable bonds is 2. The predicted octanol–water partition coefficient (Wildman–Crippen LogP) is 3.25. The molecule has 1 heterocycles. The molecule has 0 saturated carbocycles. The van der Waals surface area contributed by atoms with Gasteiger partial charge in [0.1, 0.15) is 11.6 Å². The molecule has 0 saturated heterocycles. The summed E-state index contributed by atoms with van der Waals surface area (Å²) in [6.07, 6.45) is 1.33. The van der Waals surface area contributed by atoms with Crippen LogP contribution in [0.5, 0.6) is 0 Å². The van der Waals surface area contributed by atoms with Gasteiger partial charge in [0.05, 0.1) is 10.7 Å². The van der Waals surface area contributed by atoms with Crippen LogP contribution in [0.3, 0.4) is 0 Å². The number of aliphatic imine (C=N–C) groups is 1. The van der Waals surface area contributed by atoms with Gasteiger partial charge in [-0.25, -0.2) is 8.78 Å². The van der Waals surface area contributed by atoms with Gasteiger partial charge in [0, 0.05) is 28.1 Å². The summed E-state index contributed by atoms with van der Waals surface area (Å²) < 4.78 is 27.7. The summed E-state index contributed by atoms with van der Waals surface area (Å²) in [7, 11) is 0. The molecule has 5 nitrogen and oxygen atoms in total. The van der Waals surface area contributed by atoms with Crippen molar-refractivity contribution in [3.05, 3.63) is 64.8 Å². The Hall–Kier alpha value is -3.06. The number of pyridine rings is 1. The molecule has 0 bridgehead atoms. The van der Waals surface area contributed by atoms with Gasteiger partial charge in [-0.2, -0.15) is 4.99 Å². The van der Waals surface area contributed by atoms with Crippen molar-refractivity contribution in [3.8, 4) is 11.3 Å². The quantitative estimate of drug-likeness (QED) is 0.541. The molecule has 0 aliphatic carbocycles. The first kappa shape index (κ1) is 16.8. The molecular formula is C17H11ClF2N4O. The summed E-state index contributed by atoms with van der Waals surface area (Å²) in [5.74, 6) is -2.33. The molecule has 8 heteroatoms. The number of hydrogen-bond donors (Lipinski definition) is 2. The average molecular weight is 361 g/mol. The Labute approximate surface area is 145 Å². The minimum atomic E-state index is -0.674. The lowest BCUT2D eigenvalue weighted by Crippen LogP contribution is -2.24. The summed E-state index contributed by atoms with van der Waals surface area (Å²) in [6.45, 7) is 0. The van der Waals surface area contributed by atoms with Gasteiger partial charge in [0.2, 0.25) is 0 Å². The molecule has 0 aliphatic heterocycles. The summed E-state index contributed by atoms with van der Waals surface area (Å²) in [5, 5.41) is 1.20. The molecule has 25 heavy (non-hydrogen) atoms. The van der Waals surface area contributed by atoms with E-state index < -0.39 is 17.5 Å². The first-order chi connectivity index (χ1) is 11.9. The lowest BCUT2D eigenvalue weighted by atomic mass is 10.0. The van der Waals surface area contributed by atoms with Crippen LogP contribution in [0, 0.1) is 11.6 Å². The van der Waals surface area contributed by atoms with E-state index in [1.807, 2.05) is 0 Å². The Balaban J connectivity index is 2.29. The van der Waals surface area contributed by atoms with Gasteiger partial charge in [-0.15, -0.1) is 0 Å². The molecule has 3 aromatic rings. The van der Waals surface area contributed by atoms with Gasteiger partial charge in [0.15, 0.2) is 5.96 Å². The van der Waals surface area contributed by atoms with Crippen molar-refractivity contribution < 1.29 is 13.6 Å². The number of hydrogen-bond acceptors (Lipinski definition) is 2. The van der Waals surface area contributed by atoms with E-state index in [1.54, 1.807) is 6.07 Å². The monoisotopic (exact) mass is 360 g/mol. The average Bonchev–Trinajstić information content (AvgIpc) is 2.57. The molecule has 0 atom stereocenters. The van der Waals surface area contributed by atoms with E-state index in [2.05, 4.69) is 9.98 Å². The maximum absolute atomic E-state index is 14.2. The number of carbonyl (C=O) groups excluding carboxylic acids is 1. The molecule has 0 spiro atoms. The van der Waals surface area contributed by atoms with Gasteiger partial charge in [-0.3, -0.25) is 9.78 Å². The minimum Gasteiger partial charge on any atom is -0.370 e. The normalized spacial score (nSPS) is 10.7. The second-order valence-corrected chi connectivity index (χ2v) is 5.59. The molecule has 0 radical (unpaired) electrons. The highest BCUT2D eigenvalue weighted by Crippen LogP contribution is 2.33. The smallest absolute Gasteiger partial charge is 0.280 e.